The van der Waals surface area contributed by atoms with Crippen molar-refractivity contribution in [2.75, 3.05) is 26.3 Å². The summed E-state index contributed by atoms with van der Waals surface area (Å²) < 4.78 is 11.7. The molecular weight excluding hydrogens is 464 g/mol. The number of amides is 1. The Hall–Kier alpha value is -3.89. The molecule has 0 spiro atoms. The van der Waals surface area contributed by atoms with Gasteiger partial charge in [0.25, 0.3) is 11.4 Å². The quantitative estimate of drug-likeness (QED) is 0.429. The van der Waals surface area contributed by atoms with Gasteiger partial charge >= 0.3 is 6.09 Å². The van der Waals surface area contributed by atoms with Gasteiger partial charge in [0.1, 0.15) is 16.7 Å². The Balaban J connectivity index is 1.48. The molecule has 2 aromatic carbocycles. The molecule has 11 heteroatoms. The second-order valence-electron chi connectivity index (χ2n) is 7.80. The van der Waals surface area contributed by atoms with Gasteiger partial charge in [-0.15, -0.1) is 5.10 Å². The molecule has 2 aromatic heterocycles. The summed E-state index contributed by atoms with van der Waals surface area (Å²) in [5.74, 6) is -0.198. The van der Waals surface area contributed by atoms with E-state index in [0.29, 0.717) is 48.2 Å². The van der Waals surface area contributed by atoms with E-state index in [9.17, 15) is 19.5 Å². The third kappa shape index (κ3) is 4.09. The summed E-state index contributed by atoms with van der Waals surface area (Å²) in [4.78, 5) is 42.9. The molecule has 1 saturated heterocycles. The zero-order valence-corrected chi connectivity index (χ0v) is 18.5. The minimum Gasteiger partial charge on any atom is -0.491 e. The molecule has 1 aliphatic heterocycles. The molecule has 0 saturated carbocycles. The number of fused-ring (bicyclic) bond motifs is 2. The second-order valence-corrected chi connectivity index (χ2v) is 8.23. The van der Waals surface area contributed by atoms with Gasteiger partial charge in [-0.2, -0.15) is 0 Å². The number of aromatic hydroxyl groups is 1. The Morgan fingerprint density at radius 2 is 1.97 bits per heavy atom. The number of pyridine rings is 1. The van der Waals surface area contributed by atoms with E-state index < -0.39 is 23.0 Å². The first-order valence-electron chi connectivity index (χ1n) is 10.5. The number of hydrogen-bond acceptors (Lipinski definition) is 7. The molecule has 0 unspecified atom stereocenters. The summed E-state index contributed by atoms with van der Waals surface area (Å²) in [6.07, 6.45) is -0.488. The van der Waals surface area contributed by atoms with Crippen LogP contribution >= 0.6 is 11.6 Å². The molecule has 174 valence electrons. The highest BCUT2D eigenvalue weighted by Gasteiger charge is 2.20. The smallest absolute Gasteiger partial charge is 0.415 e. The van der Waals surface area contributed by atoms with E-state index in [-0.39, 0.29) is 22.8 Å². The highest BCUT2D eigenvalue weighted by Crippen LogP contribution is 2.22. The van der Waals surface area contributed by atoms with E-state index in [4.69, 9.17) is 21.1 Å². The zero-order chi connectivity index (χ0) is 23.8. The highest BCUT2D eigenvalue weighted by molar-refractivity contribution is 6.31. The van der Waals surface area contributed by atoms with Crippen molar-refractivity contribution in [2.24, 2.45) is 0 Å². The summed E-state index contributed by atoms with van der Waals surface area (Å²) in [5, 5.41) is 14.9. The van der Waals surface area contributed by atoms with Crippen molar-refractivity contribution in [1.82, 2.24) is 19.7 Å². The van der Waals surface area contributed by atoms with Gasteiger partial charge in [0.15, 0.2) is 0 Å². The molecule has 1 amide bonds. The first-order valence-corrected chi connectivity index (χ1v) is 10.9. The maximum Gasteiger partial charge on any atom is 0.415 e. The predicted molar refractivity (Wildman–Crippen MR) is 125 cm³/mol. The molecule has 34 heavy (non-hydrogen) atoms. The summed E-state index contributed by atoms with van der Waals surface area (Å²) >= 11 is 5.99. The van der Waals surface area contributed by atoms with Gasteiger partial charge in [0.2, 0.25) is 5.43 Å². The minimum absolute atomic E-state index is 0.0522. The number of H-pyrrole nitrogens is 1. The largest absolute Gasteiger partial charge is 0.491 e. The molecular formula is C23H19ClN4O6. The lowest BCUT2D eigenvalue weighted by atomic mass is 10.1. The topological polar surface area (TPSA) is 127 Å². The van der Waals surface area contributed by atoms with E-state index in [2.05, 4.69) is 10.1 Å². The Labute approximate surface area is 196 Å². The average Bonchev–Trinajstić information content (AvgIpc) is 2.83. The van der Waals surface area contributed by atoms with Crippen molar-refractivity contribution < 1.29 is 19.4 Å². The fourth-order valence-electron chi connectivity index (χ4n) is 3.87. The van der Waals surface area contributed by atoms with Gasteiger partial charge in [0, 0.05) is 23.5 Å². The molecule has 10 nitrogen and oxygen atoms in total. The number of aromatic amines is 1. The molecule has 4 aromatic rings. The lowest BCUT2D eigenvalue weighted by molar-refractivity contribution is 0.0416. The SMILES string of the molecule is O=C(Oc1cccc(Cn2nc(O)c3[nH]c4cc(Cl)ccc4c(=O)c3c2=O)c1)N1CCOCC1. The number of morpholine rings is 1. The van der Waals surface area contributed by atoms with E-state index in [0.717, 1.165) is 4.68 Å². The van der Waals surface area contributed by atoms with Crippen LogP contribution in [0, 0.1) is 0 Å². The Bertz CT molecular complexity index is 1540. The lowest BCUT2D eigenvalue weighted by Crippen LogP contribution is -2.42. The van der Waals surface area contributed by atoms with Crippen LogP contribution in [0.15, 0.2) is 52.1 Å². The predicted octanol–water partition coefficient (Wildman–Crippen LogP) is 2.48. The van der Waals surface area contributed by atoms with Gasteiger partial charge < -0.3 is 24.5 Å². The van der Waals surface area contributed by atoms with Crippen LogP contribution in [0.2, 0.25) is 5.02 Å². The maximum atomic E-state index is 13.1. The Kier molecular flexibility index (Phi) is 5.68. The van der Waals surface area contributed by atoms with Crippen LogP contribution in [0.1, 0.15) is 5.56 Å². The van der Waals surface area contributed by atoms with Crippen molar-refractivity contribution in [3.63, 3.8) is 0 Å². The fraction of sp³-hybridized carbons (Fsp3) is 0.217. The molecule has 0 radical (unpaired) electrons. The van der Waals surface area contributed by atoms with Gasteiger partial charge in [0.05, 0.1) is 25.3 Å². The van der Waals surface area contributed by atoms with Crippen LogP contribution in [0.4, 0.5) is 4.79 Å². The van der Waals surface area contributed by atoms with Crippen molar-refractivity contribution in [3.8, 4) is 11.6 Å². The third-order valence-electron chi connectivity index (χ3n) is 5.56. The van der Waals surface area contributed by atoms with Gasteiger partial charge in [-0.25, -0.2) is 9.48 Å². The number of benzene rings is 2. The van der Waals surface area contributed by atoms with Crippen molar-refractivity contribution in [3.05, 3.63) is 73.6 Å². The third-order valence-corrected chi connectivity index (χ3v) is 5.79. The van der Waals surface area contributed by atoms with Gasteiger partial charge in [-0.1, -0.05) is 23.7 Å². The van der Waals surface area contributed by atoms with Crippen LogP contribution in [0.25, 0.3) is 21.8 Å². The number of nitrogens with zero attached hydrogens (tertiary/aromatic N) is 3. The molecule has 3 heterocycles. The first kappa shape index (κ1) is 21.9. The van der Waals surface area contributed by atoms with Gasteiger partial charge in [-0.05, 0) is 35.9 Å². The van der Waals surface area contributed by atoms with Crippen LogP contribution in [-0.4, -0.2) is 57.2 Å². The molecule has 2 N–H and O–H groups in total. The summed E-state index contributed by atoms with van der Waals surface area (Å²) in [6.45, 7) is 1.75. The van der Waals surface area contributed by atoms with Gasteiger partial charge in [-0.3, -0.25) is 9.59 Å². The number of ether oxygens (including phenoxy) is 2. The number of carbonyl (C=O) groups is 1. The highest BCUT2D eigenvalue weighted by atomic mass is 35.5. The summed E-state index contributed by atoms with van der Waals surface area (Å²) in [7, 11) is 0. The van der Waals surface area contributed by atoms with Crippen molar-refractivity contribution >= 4 is 39.5 Å². The van der Waals surface area contributed by atoms with Crippen molar-refractivity contribution in [1.29, 1.82) is 0 Å². The van der Waals surface area contributed by atoms with E-state index in [1.165, 1.54) is 12.1 Å². The van der Waals surface area contributed by atoms with Crippen LogP contribution in [-0.2, 0) is 11.3 Å². The molecule has 0 bridgehead atoms. The number of rotatable bonds is 3. The molecule has 0 aliphatic carbocycles. The summed E-state index contributed by atoms with van der Waals surface area (Å²) in [6, 6.07) is 11.2. The fourth-order valence-corrected chi connectivity index (χ4v) is 4.04. The molecule has 0 atom stereocenters. The standard InChI is InChI=1S/C23H19ClN4O6/c24-14-4-5-16-17(11-14)25-19-18(20(16)29)22(31)28(26-21(19)30)12-13-2-1-3-15(10-13)34-23(32)27-6-8-33-9-7-27/h1-5,10-11H,6-9,12H2,(H,25,29)(H,26,30). The van der Waals surface area contributed by atoms with Crippen LogP contribution < -0.4 is 15.7 Å². The van der Waals surface area contributed by atoms with Crippen LogP contribution in [0.5, 0.6) is 11.6 Å². The molecule has 1 fully saturated rings. The average molecular weight is 483 g/mol. The van der Waals surface area contributed by atoms with E-state index in [1.54, 1.807) is 35.2 Å². The van der Waals surface area contributed by atoms with E-state index >= 15 is 0 Å². The monoisotopic (exact) mass is 482 g/mol. The minimum atomic E-state index is -0.665. The normalized spacial score (nSPS) is 14.0. The number of halogens is 1. The number of aromatic nitrogens is 3. The number of carbonyl (C=O) groups excluding carboxylic acids is 1. The Morgan fingerprint density at radius 3 is 2.76 bits per heavy atom. The number of hydrogen-bond donors (Lipinski definition) is 2. The second kappa shape index (κ2) is 8.81. The number of nitrogens with one attached hydrogen (secondary N) is 1. The van der Waals surface area contributed by atoms with Crippen LogP contribution in [0.3, 0.4) is 0 Å². The van der Waals surface area contributed by atoms with Crippen molar-refractivity contribution in [2.45, 2.75) is 6.54 Å². The Morgan fingerprint density at radius 1 is 1.18 bits per heavy atom. The lowest BCUT2D eigenvalue weighted by Gasteiger charge is -2.25. The molecule has 5 rings (SSSR count). The van der Waals surface area contributed by atoms with E-state index in [1.807, 2.05) is 0 Å². The first-order chi connectivity index (χ1) is 16.4. The maximum absolute atomic E-state index is 13.1. The zero-order valence-electron chi connectivity index (χ0n) is 17.8. The summed E-state index contributed by atoms with van der Waals surface area (Å²) in [5.41, 5.74) is -0.292. The molecule has 1 aliphatic rings.